The Balaban J connectivity index is 0.000000421. The molecule has 1 aliphatic rings. The highest BCUT2D eigenvalue weighted by Crippen LogP contribution is 2.21. The van der Waals surface area contributed by atoms with Crippen molar-refractivity contribution >= 4 is 0 Å². The smallest absolute Gasteiger partial charge is 0.154 e. The molecule has 3 nitrogen and oxygen atoms in total. The fraction of sp³-hybridized carbons (Fsp3) is 0.400. The van der Waals surface area contributed by atoms with Crippen LogP contribution in [0, 0.1) is 0 Å². The van der Waals surface area contributed by atoms with Crippen molar-refractivity contribution in [2.75, 3.05) is 20.3 Å². The number of benzene rings is 1. The molecule has 0 aliphatic carbocycles. The van der Waals surface area contributed by atoms with Gasteiger partial charge >= 0.3 is 0 Å². The van der Waals surface area contributed by atoms with Gasteiger partial charge in [0.1, 0.15) is 0 Å². The molecule has 0 aromatic heterocycles. The van der Waals surface area contributed by atoms with Crippen molar-refractivity contribution in [2.24, 2.45) is 0 Å². The van der Waals surface area contributed by atoms with E-state index in [0.717, 1.165) is 32.3 Å². The Morgan fingerprint density at radius 1 is 1.22 bits per heavy atom. The van der Waals surface area contributed by atoms with E-state index in [1.165, 1.54) is 5.56 Å². The summed E-state index contributed by atoms with van der Waals surface area (Å²) in [4.78, 5) is 0. The molecule has 2 rings (SSSR count). The van der Waals surface area contributed by atoms with Gasteiger partial charge < -0.3 is 14.6 Å². The van der Waals surface area contributed by atoms with Crippen LogP contribution in [0.4, 0.5) is 0 Å². The highest BCUT2D eigenvalue weighted by molar-refractivity contribution is 5.20. The van der Waals surface area contributed by atoms with Gasteiger partial charge in [0, 0.05) is 13.0 Å². The van der Waals surface area contributed by atoms with Gasteiger partial charge in [0.05, 0.1) is 13.2 Å². The molecule has 0 atom stereocenters. The zero-order valence-corrected chi connectivity index (χ0v) is 14.6. The highest BCUT2D eigenvalue weighted by Gasteiger charge is 2.19. The normalized spacial score (nSPS) is 19.8. The maximum absolute atomic E-state index is 7.00. The highest BCUT2D eigenvalue weighted by atomic mass is 16.7. The Kier molecular flexibility index (Phi) is 12.9. The molecule has 0 saturated carbocycles. The lowest BCUT2D eigenvalue weighted by molar-refractivity contribution is -0.176. The molecule has 0 spiro atoms. The van der Waals surface area contributed by atoms with Crippen molar-refractivity contribution in [3.8, 4) is 0 Å². The molecule has 1 aromatic carbocycles. The summed E-state index contributed by atoms with van der Waals surface area (Å²) in [5.74, 6) is 0.400. The van der Waals surface area contributed by atoms with Crippen LogP contribution in [0.2, 0.25) is 0 Å². The maximum Gasteiger partial charge on any atom is 0.154 e. The van der Waals surface area contributed by atoms with E-state index in [9.17, 15) is 0 Å². The average molecular weight is 318 g/mol. The molecule has 0 amide bonds. The number of aliphatic hydroxyl groups is 1. The molecule has 1 aliphatic heterocycles. The van der Waals surface area contributed by atoms with E-state index in [0.29, 0.717) is 5.92 Å². The van der Waals surface area contributed by atoms with Crippen molar-refractivity contribution < 1.29 is 14.6 Å². The van der Waals surface area contributed by atoms with Gasteiger partial charge in [-0.25, -0.2) is 0 Å². The summed E-state index contributed by atoms with van der Waals surface area (Å²) in [6.45, 7) is 12.9. The van der Waals surface area contributed by atoms with Crippen LogP contribution < -0.4 is 0 Å². The van der Waals surface area contributed by atoms with Gasteiger partial charge in [-0.3, -0.25) is 0 Å². The minimum atomic E-state index is -0.0417. The summed E-state index contributed by atoms with van der Waals surface area (Å²) in [6.07, 6.45) is 6.59. The number of ether oxygens (including phenoxy) is 2. The molecule has 23 heavy (non-hydrogen) atoms. The van der Waals surface area contributed by atoms with Gasteiger partial charge in [-0.1, -0.05) is 74.2 Å². The monoisotopic (exact) mass is 318 g/mol. The number of hydrogen-bond donors (Lipinski definition) is 1. The zero-order valence-electron chi connectivity index (χ0n) is 14.6. The van der Waals surface area contributed by atoms with Gasteiger partial charge in [-0.05, 0) is 18.9 Å². The summed E-state index contributed by atoms with van der Waals surface area (Å²) < 4.78 is 10.8. The standard InChI is InChI=1S/C11H14O2.C8H12.CH4O/c1-9-12-7-11(8-13-9)10-5-3-2-4-6-10;1-4-6-7-8(3)5-2;1-2/h2-6,9,11H,7-8H2,1H3;4,6-7H,1,3,5H2,2H3;2H,1H3/b;7-6-;. The van der Waals surface area contributed by atoms with Crippen LogP contribution in [0.5, 0.6) is 0 Å². The maximum atomic E-state index is 7.00. The Bertz CT molecular complexity index is 443. The van der Waals surface area contributed by atoms with E-state index in [1.807, 2.05) is 37.3 Å². The molecule has 0 radical (unpaired) electrons. The first-order chi connectivity index (χ1) is 11.2. The summed E-state index contributed by atoms with van der Waals surface area (Å²) >= 11 is 0. The quantitative estimate of drug-likeness (QED) is 0.833. The summed E-state index contributed by atoms with van der Waals surface area (Å²) in [7, 11) is 1.00. The Labute approximate surface area is 140 Å². The van der Waals surface area contributed by atoms with Crippen LogP contribution in [0.15, 0.2) is 67.3 Å². The average Bonchev–Trinajstić information content (AvgIpc) is 2.63. The lowest BCUT2D eigenvalue weighted by Crippen LogP contribution is -2.28. The molecule has 3 heteroatoms. The van der Waals surface area contributed by atoms with Gasteiger partial charge in [0.15, 0.2) is 6.29 Å². The predicted octanol–water partition coefficient (Wildman–Crippen LogP) is 4.47. The fourth-order valence-electron chi connectivity index (χ4n) is 1.84. The van der Waals surface area contributed by atoms with Crippen LogP contribution >= 0.6 is 0 Å². The van der Waals surface area contributed by atoms with Crippen molar-refractivity contribution in [1.29, 1.82) is 0 Å². The summed E-state index contributed by atoms with van der Waals surface area (Å²) in [5, 5.41) is 7.00. The topological polar surface area (TPSA) is 38.7 Å². The first-order valence-corrected chi connectivity index (χ1v) is 7.87. The molecule has 1 heterocycles. The largest absolute Gasteiger partial charge is 0.400 e. The Morgan fingerprint density at radius 2 is 1.78 bits per heavy atom. The SMILES string of the molecule is C=C/C=C\C(=C)CC.CC1OCC(c2ccccc2)CO1.CO. The minimum Gasteiger partial charge on any atom is -0.400 e. The van der Waals surface area contributed by atoms with Crippen molar-refractivity contribution in [2.45, 2.75) is 32.5 Å². The third-order valence-electron chi connectivity index (χ3n) is 3.26. The van der Waals surface area contributed by atoms with Crippen LogP contribution in [0.3, 0.4) is 0 Å². The van der Waals surface area contributed by atoms with E-state index in [1.54, 1.807) is 6.08 Å². The van der Waals surface area contributed by atoms with Gasteiger partial charge in [0.2, 0.25) is 0 Å². The first-order valence-electron chi connectivity index (χ1n) is 7.87. The van der Waals surface area contributed by atoms with Crippen LogP contribution in [0.1, 0.15) is 31.7 Å². The molecule has 128 valence electrons. The molecular weight excluding hydrogens is 288 g/mol. The Morgan fingerprint density at radius 3 is 2.26 bits per heavy atom. The third kappa shape index (κ3) is 9.84. The van der Waals surface area contributed by atoms with Crippen molar-refractivity contribution in [1.82, 2.24) is 0 Å². The molecule has 0 unspecified atom stereocenters. The lowest BCUT2D eigenvalue weighted by Gasteiger charge is -2.27. The summed E-state index contributed by atoms with van der Waals surface area (Å²) in [5.41, 5.74) is 2.44. The van der Waals surface area contributed by atoms with Gasteiger partial charge in [-0.15, -0.1) is 0 Å². The molecular formula is C20H30O3. The number of rotatable bonds is 4. The van der Waals surface area contributed by atoms with Crippen molar-refractivity contribution in [3.63, 3.8) is 0 Å². The van der Waals surface area contributed by atoms with Crippen LogP contribution in [-0.2, 0) is 9.47 Å². The van der Waals surface area contributed by atoms with E-state index < -0.39 is 0 Å². The Hall–Kier alpha value is -1.68. The van der Waals surface area contributed by atoms with E-state index in [-0.39, 0.29) is 6.29 Å². The van der Waals surface area contributed by atoms with Gasteiger partial charge in [-0.2, -0.15) is 0 Å². The zero-order chi connectivity index (χ0) is 17.5. The molecule has 1 saturated heterocycles. The third-order valence-corrected chi connectivity index (χ3v) is 3.26. The molecule has 1 N–H and O–H groups in total. The fourth-order valence-corrected chi connectivity index (χ4v) is 1.84. The number of hydrogen-bond acceptors (Lipinski definition) is 3. The number of aliphatic hydroxyl groups excluding tert-OH is 1. The predicted molar refractivity (Wildman–Crippen MR) is 97.5 cm³/mol. The van der Waals surface area contributed by atoms with Crippen molar-refractivity contribution in [3.05, 3.63) is 72.9 Å². The van der Waals surface area contributed by atoms with Crippen LogP contribution in [0.25, 0.3) is 0 Å². The van der Waals surface area contributed by atoms with Gasteiger partial charge in [0.25, 0.3) is 0 Å². The van der Waals surface area contributed by atoms with E-state index in [4.69, 9.17) is 14.6 Å². The summed E-state index contributed by atoms with van der Waals surface area (Å²) in [6, 6.07) is 10.4. The molecule has 1 fully saturated rings. The second-order valence-electron chi connectivity index (χ2n) is 4.95. The lowest BCUT2D eigenvalue weighted by atomic mass is 10.0. The molecule has 1 aromatic rings. The molecule has 0 bridgehead atoms. The van der Waals surface area contributed by atoms with E-state index >= 15 is 0 Å². The number of allylic oxidation sites excluding steroid dienone is 4. The first kappa shape index (κ1) is 21.3. The second kappa shape index (κ2) is 13.9. The van der Waals surface area contributed by atoms with Crippen LogP contribution in [-0.4, -0.2) is 31.7 Å². The minimum absolute atomic E-state index is 0.0417. The second-order valence-corrected chi connectivity index (χ2v) is 4.95. The van der Waals surface area contributed by atoms with E-state index in [2.05, 4.69) is 32.2 Å².